The molecule has 1 fully saturated rings. The number of thiocarbonyl (C=S) groups is 1. The Kier molecular flexibility index (Phi) is 7.67. The number of carbonyl (C=O) groups is 2. The molecular formula is C20H19ClN2O2S3. The Labute approximate surface area is 183 Å². The Morgan fingerprint density at radius 3 is 2.82 bits per heavy atom. The monoisotopic (exact) mass is 450 g/mol. The highest BCUT2D eigenvalue weighted by molar-refractivity contribution is 8.26. The molecule has 1 aliphatic heterocycles. The first kappa shape index (κ1) is 21.0. The van der Waals surface area contributed by atoms with Crippen molar-refractivity contribution in [3.8, 4) is 0 Å². The second-order valence-electron chi connectivity index (χ2n) is 6.22. The maximum absolute atomic E-state index is 12.5. The molecule has 1 aromatic heterocycles. The number of nitrogens with zero attached hydrogens (tertiary/aromatic N) is 1. The molecule has 2 heterocycles. The van der Waals surface area contributed by atoms with Crippen LogP contribution >= 0.6 is 46.9 Å². The minimum atomic E-state index is -0.0354. The molecule has 3 rings (SSSR count). The number of hydrogen-bond acceptors (Lipinski definition) is 5. The van der Waals surface area contributed by atoms with Gasteiger partial charge in [0, 0.05) is 28.6 Å². The molecule has 0 atom stereocenters. The number of unbranched alkanes of at least 4 members (excludes halogenated alkanes) is 2. The topological polar surface area (TPSA) is 49.4 Å². The van der Waals surface area contributed by atoms with Crippen LogP contribution in [0.4, 0.5) is 5.69 Å². The number of amides is 2. The second kappa shape index (κ2) is 10.2. The molecule has 146 valence electrons. The molecule has 0 unspecified atom stereocenters. The number of thiophene rings is 1. The van der Waals surface area contributed by atoms with Gasteiger partial charge in [0.05, 0.1) is 4.91 Å². The fourth-order valence-electron chi connectivity index (χ4n) is 2.72. The lowest BCUT2D eigenvalue weighted by molar-refractivity contribution is -0.122. The average Bonchev–Trinajstić information content (AvgIpc) is 3.25. The molecule has 2 amide bonds. The SMILES string of the molecule is O=C(CCCCCN1C(=O)/C(=C\c2cccs2)SC1=S)Nc1cccc(Cl)c1. The van der Waals surface area contributed by atoms with E-state index in [0.717, 1.165) is 24.1 Å². The number of nitrogens with one attached hydrogen (secondary N) is 1. The number of carbonyl (C=O) groups excluding carboxylic acids is 2. The highest BCUT2D eigenvalue weighted by Gasteiger charge is 2.31. The van der Waals surface area contributed by atoms with Gasteiger partial charge < -0.3 is 5.32 Å². The Morgan fingerprint density at radius 1 is 1.21 bits per heavy atom. The number of hydrogen-bond donors (Lipinski definition) is 1. The summed E-state index contributed by atoms with van der Waals surface area (Å²) >= 11 is 14.2. The fraction of sp³-hybridized carbons (Fsp3) is 0.250. The summed E-state index contributed by atoms with van der Waals surface area (Å²) in [5.74, 6) is -0.0612. The quantitative estimate of drug-likeness (QED) is 0.313. The van der Waals surface area contributed by atoms with Crippen molar-refractivity contribution in [1.82, 2.24) is 4.90 Å². The highest BCUT2D eigenvalue weighted by Crippen LogP contribution is 2.33. The van der Waals surface area contributed by atoms with Crippen molar-refractivity contribution in [3.05, 3.63) is 56.6 Å². The number of halogens is 1. The second-order valence-corrected chi connectivity index (χ2v) is 9.31. The lowest BCUT2D eigenvalue weighted by Gasteiger charge is -2.14. The van der Waals surface area contributed by atoms with Gasteiger partial charge in [-0.25, -0.2) is 0 Å². The molecule has 1 aromatic carbocycles. The summed E-state index contributed by atoms with van der Waals surface area (Å²) < 4.78 is 0.603. The molecule has 8 heteroatoms. The zero-order valence-electron chi connectivity index (χ0n) is 15.0. The zero-order valence-corrected chi connectivity index (χ0v) is 18.2. The third kappa shape index (κ3) is 5.91. The summed E-state index contributed by atoms with van der Waals surface area (Å²) in [6.07, 6.45) is 4.74. The Hall–Kier alpha value is -1.67. The number of rotatable bonds is 8. The van der Waals surface area contributed by atoms with Gasteiger partial charge in [0.25, 0.3) is 5.91 Å². The van der Waals surface area contributed by atoms with Gasteiger partial charge in [0.1, 0.15) is 4.32 Å². The van der Waals surface area contributed by atoms with Crippen LogP contribution in [0.15, 0.2) is 46.7 Å². The van der Waals surface area contributed by atoms with E-state index in [2.05, 4.69) is 5.32 Å². The van der Waals surface area contributed by atoms with Crippen LogP contribution in [0.1, 0.15) is 30.6 Å². The Morgan fingerprint density at radius 2 is 2.07 bits per heavy atom. The van der Waals surface area contributed by atoms with Gasteiger partial charge in [0.2, 0.25) is 5.91 Å². The maximum Gasteiger partial charge on any atom is 0.266 e. The summed E-state index contributed by atoms with van der Waals surface area (Å²) in [6, 6.07) is 11.0. The van der Waals surface area contributed by atoms with E-state index in [0.29, 0.717) is 32.9 Å². The normalized spacial score (nSPS) is 15.5. The van der Waals surface area contributed by atoms with E-state index in [1.165, 1.54) is 11.8 Å². The van der Waals surface area contributed by atoms with Crippen molar-refractivity contribution in [2.24, 2.45) is 0 Å². The van der Waals surface area contributed by atoms with E-state index < -0.39 is 0 Å². The zero-order chi connectivity index (χ0) is 19.9. The van der Waals surface area contributed by atoms with Crippen LogP contribution in [0, 0.1) is 0 Å². The first-order valence-electron chi connectivity index (χ1n) is 8.87. The first-order valence-corrected chi connectivity index (χ1v) is 11.4. The Balaban J connectivity index is 1.38. The minimum Gasteiger partial charge on any atom is -0.326 e. The van der Waals surface area contributed by atoms with E-state index in [9.17, 15) is 9.59 Å². The smallest absolute Gasteiger partial charge is 0.266 e. The maximum atomic E-state index is 12.5. The number of benzene rings is 1. The van der Waals surface area contributed by atoms with Crippen LogP contribution in [0.25, 0.3) is 6.08 Å². The van der Waals surface area contributed by atoms with Crippen LogP contribution in [0.2, 0.25) is 5.02 Å². The highest BCUT2D eigenvalue weighted by atomic mass is 35.5. The molecule has 0 saturated carbocycles. The summed E-state index contributed by atoms with van der Waals surface area (Å²) in [4.78, 5) is 27.9. The van der Waals surface area contributed by atoms with E-state index >= 15 is 0 Å². The number of thioether (sulfide) groups is 1. The van der Waals surface area contributed by atoms with Crippen LogP contribution in [-0.2, 0) is 9.59 Å². The van der Waals surface area contributed by atoms with Crippen molar-refractivity contribution in [2.45, 2.75) is 25.7 Å². The van der Waals surface area contributed by atoms with Gasteiger partial charge in [-0.2, -0.15) is 0 Å². The van der Waals surface area contributed by atoms with Crippen molar-refractivity contribution in [2.75, 3.05) is 11.9 Å². The van der Waals surface area contributed by atoms with Crippen molar-refractivity contribution in [3.63, 3.8) is 0 Å². The molecule has 0 radical (unpaired) electrons. The van der Waals surface area contributed by atoms with Gasteiger partial charge in [-0.05, 0) is 48.6 Å². The lowest BCUT2D eigenvalue weighted by atomic mass is 10.1. The predicted molar refractivity (Wildman–Crippen MR) is 123 cm³/mol. The fourth-order valence-corrected chi connectivity index (χ4v) is 4.94. The van der Waals surface area contributed by atoms with Crippen LogP contribution in [0.5, 0.6) is 0 Å². The predicted octanol–water partition coefficient (Wildman–Crippen LogP) is 5.80. The molecule has 1 N–H and O–H groups in total. The number of anilines is 1. The molecule has 0 aliphatic carbocycles. The van der Waals surface area contributed by atoms with Gasteiger partial charge in [0.15, 0.2) is 0 Å². The van der Waals surface area contributed by atoms with Crippen molar-refractivity contribution in [1.29, 1.82) is 0 Å². The molecular weight excluding hydrogens is 432 g/mol. The molecule has 0 bridgehead atoms. The van der Waals surface area contributed by atoms with Gasteiger partial charge >= 0.3 is 0 Å². The summed E-state index contributed by atoms with van der Waals surface area (Å²) in [5.41, 5.74) is 0.701. The van der Waals surface area contributed by atoms with Crippen LogP contribution in [0.3, 0.4) is 0 Å². The van der Waals surface area contributed by atoms with Crippen molar-refractivity contribution < 1.29 is 9.59 Å². The largest absolute Gasteiger partial charge is 0.326 e. The standard InChI is InChI=1S/C20H19ClN2O2S3/c21-14-6-4-7-15(12-14)22-18(24)9-2-1-3-10-23-19(25)17(28-20(23)26)13-16-8-5-11-27-16/h4-8,11-13H,1-3,9-10H2,(H,22,24)/b17-13+. The molecule has 2 aromatic rings. The summed E-state index contributed by atoms with van der Waals surface area (Å²) in [6.45, 7) is 0.586. The third-order valence-electron chi connectivity index (χ3n) is 4.08. The first-order chi connectivity index (χ1) is 13.5. The van der Waals surface area contributed by atoms with Crippen LogP contribution < -0.4 is 5.32 Å². The summed E-state index contributed by atoms with van der Waals surface area (Å²) in [7, 11) is 0. The molecule has 0 spiro atoms. The van der Waals surface area contributed by atoms with E-state index in [4.69, 9.17) is 23.8 Å². The van der Waals surface area contributed by atoms with Gasteiger partial charge in [-0.15, -0.1) is 11.3 Å². The van der Waals surface area contributed by atoms with Gasteiger partial charge in [-0.3, -0.25) is 14.5 Å². The lowest BCUT2D eigenvalue weighted by Crippen LogP contribution is -2.29. The van der Waals surface area contributed by atoms with Crippen molar-refractivity contribution >= 4 is 74.8 Å². The van der Waals surface area contributed by atoms with Crippen LogP contribution in [-0.4, -0.2) is 27.6 Å². The molecule has 1 aliphatic rings. The Bertz CT molecular complexity index is 897. The molecule has 1 saturated heterocycles. The molecule has 28 heavy (non-hydrogen) atoms. The van der Waals surface area contributed by atoms with E-state index in [1.54, 1.807) is 34.4 Å². The minimum absolute atomic E-state index is 0.0258. The van der Waals surface area contributed by atoms with E-state index in [-0.39, 0.29) is 11.8 Å². The molecule has 4 nitrogen and oxygen atoms in total. The van der Waals surface area contributed by atoms with Gasteiger partial charge in [-0.1, -0.05) is 54.1 Å². The van der Waals surface area contributed by atoms with E-state index in [1.807, 2.05) is 29.7 Å². The third-order valence-corrected chi connectivity index (χ3v) is 6.52. The average molecular weight is 451 g/mol. The summed E-state index contributed by atoms with van der Waals surface area (Å²) in [5, 5.41) is 5.41.